The monoisotopic (exact) mass is 376 g/mol. The van der Waals surface area contributed by atoms with Gasteiger partial charge in [-0.2, -0.15) is 0 Å². The molecule has 0 amide bonds. The van der Waals surface area contributed by atoms with E-state index in [4.69, 9.17) is 9.15 Å². The number of fused-ring (bicyclic) bond motifs is 4. The van der Waals surface area contributed by atoms with Gasteiger partial charge in [0.15, 0.2) is 0 Å². The van der Waals surface area contributed by atoms with Crippen molar-refractivity contribution in [3.05, 3.63) is 63.5 Å². The number of ether oxygens (including phenoxy) is 1. The summed E-state index contributed by atoms with van der Waals surface area (Å²) in [6.07, 6.45) is 5.90. The third-order valence-corrected chi connectivity index (χ3v) is 6.53. The first-order chi connectivity index (χ1) is 13.5. The van der Waals surface area contributed by atoms with Crippen LogP contribution in [0.15, 0.2) is 45.8 Å². The Kier molecular flexibility index (Phi) is 3.88. The van der Waals surface area contributed by atoms with Crippen LogP contribution in [-0.2, 0) is 6.42 Å². The minimum absolute atomic E-state index is 0.0308. The first-order valence-corrected chi connectivity index (χ1v) is 10.0. The minimum atomic E-state index is -1.08. The second-order valence-electron chi connectivity index (χ2n) is 8.29. The Balaban J connectivity index is 1.65. The van der Waals surface area contributed by atoms with E-state index in [-0.39, 0.29) is 11.3 Å². The van der Waals surface area contributed by atoms with Crippen LogP contribution in [-0.4, -0.2) is 10.9 Å². The molecule has 1 unspecified atom stereocenters. The molecule has 0 spiro atoms. The number of benzene rings is 2. The van der Waals surface area contributed by atoms with Gasteiger partial charge in [0.25, 0.3) is 0 Å². The van der Waals surface area contributed by atoms with E-state index in [1.165, 1.54) is 5.56 Å². The number of aryl methyl sites for hydroxylation is 2. The van der Waals surface area contributed by atoms with Crippen molar-refractivity contribution in [2.45, 2.75) is 51.7 Å². The van der Waals surface area contributed by atoms with Crippen LogP contribution in [0.2, 0.25) is 0 Å². The van der Waals surface area contributed by atoms with Crippen LogP contribution in [0.1, 0.15) is 42.4 Å². The molecule has 5 rings (SSSR count). The van der Waals surface area contributed by atoms with Crippen molar-refractivity contribution in [2.24, 2.45) is 5.92 Å². The first-order valence-electron chi connectivity index (χ1n) is 10.0. The van der Waals surface area contributed by atoms with Crippen LogP contribution in [0.25, 0.3) is 22.1 Å². The third-order valence-electron chi connectivity index (χ3n) is 6.53. The van der Waals surface area contributed by atoms with Crippen molar-refractivity contribution >= 4 is 11.0 Å². The molecule has 1 saturated carbocycles. The lowest BCUT2D eigenvalue weighted by molar-refractivity contribution is -0.203. The highest BCUT2D eigenvalue weighted by Gasteiger charge is 2.45. The first kappa shape index (κ1) is 17.5. The maximum Gasteiger partial charge on any atom is 0.211 e. The van der Waals surface area contributed by atoms with Gasteiger partial charge in [0, 0.05) is 17.9 Å². The lowest BCUT2D eigenvalue weighted by atomic mass is 9.77. The lowest BCUT2D eigenvalue weighted by Gasteiger charge is -2.43. The smallest absolute Gasteiger partial charge is 0.211 e. The van der Waals surface area contributed by atoms with Crippen LogP contribution in [0.5, 0.6) is 5.75 Å². The summed E-state index contributed by atoms with van der Waals surface area (Å²) in [5.41, 5.74) is 5.24. The van der Waals surface area contributed by atoms with Crippen molar-refractivity contribution in [3.63, 3.8) is 0 Å². The van der Waals surface area contributed by atoms with E-state index in [0.717, 1.165) is 36.0 Å². The topological polar surface area (TPSA) is 59.7 Å². The molecule has 1 aliphatic carbocycles. The van der Waals surface area contributed by atoms with Gasteiger partial charge in [0.1, 0.15) is 17.6 Å². The van der Waals surface area contributed by atoms with Crippen molar-refractivity contribution in [3.8, 4) is 16.9 Å². The van der Waals surface area contributed by atoms with Crippen molar-refractivity contribution in [1.82, 2.24) is 0 Å². The van der Waals surface area contributed by atoms with Crippen LogP contribution in [0.4, 0.5) is 0 Å². The van der Waals surface area contributed by atoms with E-state index in [1.54, 1.807) is 12.3 Å². The molecule has 2 aromatic carbocycles. The molecule has 144 valence electrons. The fourth-order valence-electron chi connectivity index (χ4n) is 4.67. The normalized spacial score (nSPS) is 23.8. The van der Waals surface area contributed by atoms with Gasteiger partial charge in [0.05, 0.1) is 10.9 Å². The zero-order valence-electron chi connectivity index (χ0n) is 16.2. The zero-order chi connectivity index (χ0) is 19.5. The van der Waals surface area contributed by atoms with Gasteiger partial charge in [-0.15, -0.1) is 0 Å². The van der Waals surface area contributed by atoms with Gasteiger partial charge < -0.3 is 14.3 Å². The van der Waals surface area contributed by atoms with Crippen molar-refractivity contribution in [2.75, 3.05) is 0 Å². The van der Waals surface area contributed by atoms with E-state index in [0.29, 0.717) is 35.1 Å². The van der Waals surface area contributed by atoms with Gasteiger partial charge in [-0.25, -0.2) is 0 Å². The Labute approximate surface area is 163 Å². The summed E-state index contributed by atoms with van der Waals surface area (Å²) in [6.45, 7) is 4.10. The lowest BCUT2D eigenvalue weighted by Crippen LogP contribution is -2.49. The Hall–Kier alpha value is -2.59. The molecule has 2 heterocycles. The molecule has 4 heteroatoms. The average molecular weight is 376 g/mol. The number of aliphatic hydroxyl groups is 1. The fourth-order valence-corrected chi connectivity index (χ4v) is 4.67. The quantitative estimate of drug-likeness (QED) is 0.657. The van der Waals surface area contributed by atoms with E-state index >= 15 is 0 Å². The van der Waals surface area contributed by atoms with Gasteiger partial charge in [-0.1, -0.05) is 24.6 Å². The van der Waals surface area contributed by atoms with Gasteiger partial charge >= 0.3 is 0 Å². The third kappa shape index (κ3) is 2.59. The van der Waals surface area contributed by atoms with E-state index in [1.807, 2.05) is 31.2 Å². The van der Waals surface area contributed by atoms with Crippen LogP contribution < -0.4 is 10.2 Å². The SMILES string of the molecule is Cc1ccc(-c2coc3c4c(ccc3c2=O)OC2(O)CCCC[C@@H]2C4)cc1C. The van der Waals surface area contributed by atoms with Crippen LogP contribution in [0, 0.1) is 19.8 Å². The van der Waals surface area contributed by atoms with E-state index in [2.05, 4.69) is 6.92 Å². The van der Waals surface area contributed by atoms with E-state index in [9.17, 15) is 9.90 Å². The second-order valence-corrected chi connectivity index (χ2v) is 8.29. The molecular formula is C24H24O4. The summed E-state index contributed by atoms with van der Waals surface area (Å²) in [4.78, 5) is 13.2. The molecule has 28 heavy (non-hydrogen) atoms. The summed E-state index contributed by atoms with van der Waals surface area (Å²) >= 11 is 0. The molecule has 0 bridgehead atoms. The molecule has 1 fully saturated rings. The largest absolute Gasteiger partial charge is 0.463 e. The average Bonchev–Trinajstić information content (AvgIpc) is 2.68. The molecule has 1 aromatic heterocycles. The predicted octanol–water partition coefficient (Wildman–Crippen LogP) is 4.89. The molecule has 2 atom stereocenters. The maximum atomic E-state index is 13.2. The summed E-state index contributed by atoms with van der Waals surface area (Å²) in [6, 6.07) is 9.58. The molecular weight excluding hydrogens is 352 g/mol. The van der Waals surface area contributed by atoms with Crippen molar-refractivity contribution in [1.29, 1.82) is 0 Å². The highest BCUT2D eigenvalue weighted by Crippen LogP contribution is 2.45. The predicted molar refractivity (Wildman–Crippen MR) is 109 cm³/mol. The van der Waals surface area contributed by atoms with Gasteiger partial charge in [-0.3, -0.25) is 4.79 Å². The number of rotatable bonds is 1. The molecule has 1 aliphatic heterocycles. The Morgan fingerprint density at radius 3 is 2.79 bits per heavy atom. The summed E-state index contributed by atoms with van der Waals surface area (Å²) in [7, 11) is 0. The second kappa shape index (κ2) is 6.21. The molecule has 0 saturated heterocycles. The fraction of sp³-hybridized carbons (Fsp3) is 0.375. The zero-order valence-corrected chi connectivity index (χ0v) is 16.2. The maximum absolute atomic E-state index is 13.2. The minimum Gasteiger partial charge on any atom is -0.463 e. The number of hydrogen-bond acceptors (Lipinski definition) is 4. The van der Waals surface area contributed by atoms with Crippen LogP contribution >= 0.6 is 0 Å². The Bertz CT molecular complexity index is 1140. The highest BCUT2D eigenvalue weighted by atomic mass is 16.6. The van der Waals surface area contributed by atoms with Crippen molar-refractivity contribution < 1.29 is 14.3 Å². The number of hydrogen-bond donors (Lipinski definition) is 1. The van der Waals surface area contributed by atoms with Gasteiger partial charge in [0.2, 0.25) is 11.2 Å². The van der Waals surface area contributed by atoms with Crippen LogP contribution in [0.3, 0.4) is 0 Å². The highest BCUT2D eigenvalue weighted by molar-refractivity contribution is 5.86. The molecule has 4 nitrogen and oxygen atoms in total. The summed E-state index contributed by atoms with van der Waals surface area (Å²) in [5, 5.41) is 11.5. The molecule has 3 aromatic rings. The molecule has 1 N–H and O–H groups in total. The summed E-state index contributed by atoms with van der Waals surface area (Å²) in [5.74, 6) is -0.405. The Morgan fingerprint density at radius 1 is 1.11 bits per heavy atom. The molecule has 2 aliphatic rings. The summed E-state index contributed by atoms with van der Waals surface area (Å²) < 4.78 is 12.0. The van der Waals surface area contributed by atoms with E-state index < -0.39 is 5.79 Å². The standard InChI is InChI=1S/C24H24O4/c1-14-6-7-16(11-15(14)2)20-13-27-23-18(22(20)25)8-9-21-19(23)12-17-5-3-4-10-24(17,26)28-21/h6-9,11,13,17,26H,3-5,10,12H2,1-2H3/t17-,24?/m1/s1. The van der Waals surface area contributed by atoms with Gasteiger partial charge in [-0.05, 0) is 61.9 Å². The Morgan fingerprint density at radius 2 is 1.96 bits per heavy atom. The molecule has 0 radical (unpaired) electrons.